The first kappa shape index (κ1) is 12.4. The molecule has 0 saturated heterocycles. The lowest BCUT2D eigenvalue weighted by molar-refractivity contribution is 1.05. The molecule has 0 saturated carbocycles. The van der Waals surface area contributed by atoms with E-state index in [-0.39, 0.29) is 0 Å². The first-order valence-electron chi connectivity index (χ1n) is 5.94. The summed E-state index contributed by atoms with van der Waals surface area (Å²) in [6.45, 7) is 2.75. The van der Waals surface area contributed by atoms with Crippen molar-refractivity contribution < 1.29 is 0 Å². The zero-order valence-corrected chi connectivity index (χ0v) is 11.0. The molecule has 2 heterocycles. The first-order chi connectivity index (χ1) is 8.65. The van der Waals surface area contributed by atoms with Crippen molar-refractivity contribution in [3.05, 3.63) is 47.9 Å². The van der Waals surface area contributed by atoms with Crippen molar-refractivity contribution in [1.82, 2.24) is 9.97 Å². The number of rotatable bonds is 4. The molecule has 0 amide bonds. The highest BCUT2D eigenvalue weighted by Gasteiger charge is 1.98. The molecule has 0 aromatic carbocycles. The van der Waals surface area contributed by atoms with E-state index in [1.807, 2.05) is 56.5 Å². The molecule has 0 bridgehead atoms. The van der Waals surface area contributed by atoms with Gasteiger partial charge in [-0.15, -0.1) is 0 Å². The minimum absolute atomic E-state index is 0.760. The molecule has 0 aliphatic heterocycles. The second-order valence-electron chi connectivity index (χ2n) is 4.46. The van der Waals surface area contributed by atoms with Gasteiger partial charge in [-0.1, -0.05) is 6.07 Å². The average Bonchev–Trinajstić information content (AvgIpc) is 2.38. The quantitative estimate of drug-likeness (QED) is 0.894. The van der Waals surface area contributed by atoms with Gasteiger partial charge in [-0.2, -0.15) is 0 Å². The molecule has 0 aliphatic carbocycles. The van der Waals surface area contributed by atoms with Crippen LogP contribution in [0.2, 0.25) is 0 Å². The van der Waals surface area contributed by atoms with E-state index < -0.39 is 0 Å². The zero-order valence-electron chi connectivity index (χ0n) is 11.0. The van der Waals surface area contributed by atoms with Gasteiger partial charge in [0.15, 0.2) is 0 Å². The van der Waals surface area contributed by atoms with Crippen LogP contribution in [0.3, 0.4) is 0 Å². The van der Waals surface area contributed by atoms with Crippen LogP contribution < -0.4 is 10.2 Å². The van der Waals surface area contributed by atoms with E-state index in [1.165, 1.54) is 0 Å². The Bertz CT molecular complexity index is 488. The third-order valence-electron chi connectivity index (χ3n) is 2.68. The molecule has 0 aliphatic rings. The van der Waals surface area contributed by atoms with Crippen molar-refractivity contribution in [2.45, 2.75) is 13.5 Å². The van der Waals surface area contributed by atoms with Crippen LogP contribution in [0.15, 0.2) is 36.7 Å². The Morgan fingerprint density at radius 3 is 2.44 bits per heavy atom. The van der Waals surface area contributed by atoms with E-state index in [0.717, 1.165) is 29.3 Å². The van der Waals surface area contributed by atoms with Crippen LogP contribution in [-0.2, 0) is 6.54 Å². The van der Waals surface area contributed by atoms with Gasteiger partial charge in [0.2, 0.25) is 0 Å². The molecule has 94 valence electrons. The topological polar surface area (TPSA) is 41.0 Å². The number of hydrogen-bond acceptors (Lipinski definition) is 4. The molecular formula is C14H18N4. The summed E-state index contributed by atoms with van der Waals surface area (Å²) in [6, 6.07) is 8.13. The van der Waals surface area contributed by atoms with Crippen LogP contribution >= 0.6 is 0 Å². The van der Waals surface area contributed by atoms with E-state index >= 15 is 0 Å². The molecule has 0 fully saturated rings. The number of nitrogens with one attached hydrogen (secondary N) is 1. The van der Waals surface area contributed by atoms with E-state index in [4.69, 9.17) is 0 Å². The lowest BCUT2D eigenvalue weighted by Gasteiger charge is -2.12. The molecule has 0 spiro atoms. The highest BCUT2D eigenvalue weighted by molar-refractivity contribution is 5.48. The summed E-state index contributed by atoms with van der Waals surface area (Å²) in [5, 5.41) is 3.33. The molecule has 18 heavy (non-hydrogen) atoms. The Morgan fingerprint density at radius 1 is 1.06 bits per heavy atom. The average molecular weight is 242 g/mol. The number of pyridine rings is 2. The van der Waals surface area contributed by atoms with Crippen molar-refractivity contribution in [3.63, 3.8) is 0 Å². The monoisotopic (exact) mass is 242 g/mol. The van der Waals surface area contributed by atoms with Gasteiger partial charge in [0, 0.05) is 32.5 Å². The maximum atomic E-state index is 4.35. The summed E-state index contributed by atoms with van der Waals surface area (Å²) in [7, 11) is 3.96. The summed E-state index contributed by atoms with van der Waals surface area (Å²) in [6.07, 6.45) is 3.74. The Balaban J connectivity index is 1.95. The van der Waals surface area contributed by atoms with Gasteiger partial charge < -0.3 is 10.2 Å². The summed E-state index contributed by atoms with van der Waals surface area (Å²) in [5.74, 6) is 0.956. The number of hydrogen-bond donors (Lipinski definition) is 1. The molecule has 2 aromatic heterocycles. The highest BCUT2D eigenvalue weighted by Crippen LogP contribution is 2.12. The van der Waals surface area contributed by atoms with Crippen molar-refractivity contribution in [3.8, 4) is 0 Å². The van der Waals surface area contributed by atoms with Gasteiger partial charge in [-0.05, 0) is 30.7 Å². The second kappa shape index (κ2) is 5.49. The van der Waals surface area contributed by atoms with Crippen LogP contribution in [0.25, 0.3) is 0 Å². The largest absolute Gasteiger partial charge is 0.380 e. The minimum Gasteiger partial charge on any atom is -0.380 e. The maximum Gasteiger partial charge on any atom is 0.128 e. The molecule has 0 radical (unpaired) electrons. The molecule has 2 rings (SSSR count). The van der Waals surface area contributed by atoms with E-state index in [0.29, 0.717) is 0 Å². The van der Waals surface area contributed by atoms with Crippen LogP contribution in [-0.4, -0.2) is 24.1 Å². The number of aryl methyl sites for hydroxylation is 1. The van der Waals surface area contributed by atoms with Gasteiger partial charge >= 0.3 is 0 Å². The second-order valence-corrected chi connectivity index (χ2v) is 4.46. The van der Waals surface area contributed by atoms with Gasteiger partial charge in [0.25, 0.3) is 0 Å². The lowest BCUT2D eigenvalue weighted by Crippen LogP contribution is -2.10. The van der Waals surface area contributed by atoms with Gasteiger partial charge in [-0.25, -0.2) is 4.98 Å². The molecular weight excluding hydrogens is 224 g/mol. The van der Waals surface area contributed by atoms with E-state index in [9.17, 15) is 0 Å². The van der Waals surface area contributed by atoms with Crippen molar-refractivity contribution in [1.29, 1.82) is 0 Å². The lowest BCUT2D eigenvalue weighted by atomic mass is 10.2. The van der Waals surface area contributed by atoms with Crippen LogP contribution in [0.4, 0.5) is 11.5 Å². The molecule has 0 unspecified atom stereocenters. The van der Waals surface area contributed by atoms with Crippen LogP contribution in [0.1, 0.15) is 11.3 Å². The Morgan fingerprint density at radius 2 is 1.89 bits per heavy atom. The minimum atomic E-state index is 0.760. The fourth-order valence-electron chi connectivity index (χ4n) is 1.56. The predicted molar refractivity (Wildman–Crippen MR) is 74.9 cm³/mol. The number of nitrogens with zero attached hydrogens (tertiary/aromatic N) is 3. The predicted octanol–water partition coefficient (Wildman–Crippen LogP) is 2.46. The van der Waals surface area contributed by atoms with E-state index in [2.05, 4.69) is 21.4 Å². The Labute approximate surface area is 108 Å². The SMILES string of the molecule is Cc1ccc(CNc2ccc(N(C)C)nc2)cn1. The fraction of sp³-hybridized carbons (Fsp3) is 0.286. The molecule has 0 atom stereocenters. The van der Waals surface area contributed by atoms with E-state index in [1.54, 1.807) is 0 Å². The highest BCUT2D eigenvalue weighted by atomic mass is 15.1. The third-order valence-corrected chi connectivity index (χ3v) is 2.68. The first-order valence-corrected chi connectivity index (χ1v) is 5.94. The van der Waals surface area contributed by atoms with Gasteiger partial charge in [0.1, 0.15) is 5.82 Å². The van der Waals surface area contributed by atoms with Crippen molar-refractivity contribution >= 4 is 11.5 Å². The smallest absolute Gasteiger partial charge is 0.128 e. The summed E-state index contributed by atoms with van der Waals surface area (Å²) < 4.78 is 0. The fourth-order valence-corrected chi connectivity index (χ4v) is 1.56. The van der Waals surface area contributed by atoms with Crippen molar-refractivity contribution in [2.75, 3.05) is 24.3 Å². The molecule has 4 nitrogen and oxygen atoms in total. The van der Waals surface area contributed by atoms with Gasteiger partial charge in [-0.3, -0.25) is 4.98 Å². The van der Waals surface area contributed by atoms with Gasteiger partial charge in [0.05, 0.1) is 11.9 Å². The number of aromatic nitrogens is 2. The standard InChI is InChI=1S/C14H18N4/c1-11-4-5-12(8-15-11)9-16-13-6-7-14(17-10-13)18(2)3/h4-8,10,16H,9H2,1-3H3. The molecule has 1 N–H and O–H groups in total. The summed E-state index contributed by atoms with van der Waals surface area (Å²) >= 11 is 0. The zero-order chi connectivity index (χ0) is 13.0. The molecule has 2 aromatic rings. The number of anilines is 2. The summed E-state index contributed by atoms with van der Waals surface area (Å²) in [5.41, 5.74) is 3.22. The summed E-state index contributed by atoms with van der Waals surface area (Å²) in [4.78, 5) is 10.6. The van der Waals surface area contributed by atoms with Crippen molar-refractivity contribution in [2.24, 2.45) is 0 Å². The Hall–Kier alpha value is -2.10. The Kier molecular flexibility index (Phi) is 3.77. The molecule has 4 heteroatoms. The van der Waals surface area contributed by atoms with Crippen LogP contribution in [0.5, 0.6) is 0 Å². The normalized spacial score (nSPS) is 10.2. The maximum absolute atomic E-state index is 4.35. The van der Waals surface area contributed by atoms with Crippen LogP contribution in [0, 0.1) is 6.92 Å². The third kappa shape index (κ3) is 3.20.